The zero-order valence-electron chi connectivity index (χ0n) is 16.2. The lowest BCUT2D eigenvalue weighted by Gasteiger charge is -2.27. The number of carbonyl (C=O) groups excluding carboxylic acids is 2. The minimum Gasteiger partial charge on any atom is -0.406 e. The fourth-order valence-corrected chi connectivity index (χ4v) is 2.75. The maximum Gasteiger partial charge on any atom is 0.573 e. The van der Waals surface area contributed by atoms with Gasteiger partial charge in [0.1, 0.15) is 5.75 Å². The molecule has 31 heavy (non-hydrogen) atoms. The molecule has 0 saturated carbocycles. The van der Waals surface area contributed by atoms with Gasteiger partial charge >= 0.3 is 12.4 Å². The molecule has 0 bridgehead atoms. The summed E-state index contributed by atoms with van der Waals surface area (Å²) in [4.78, 5) is 26.6. The first-order valence-corrected chi connectivity index (χ1v) is 9.25. The van der Waals surface area contributed by atoms with Crippen molar-refractivity contribution in [3.05, 3.63) is 60.2 Å². The second kappa shape index (κ2) is 9.94. The topological polar surface area (TPSA) is 92.3 Å². The van der Waals surface area contributed by atoms with Crippen LogP contribution in [0.15, 0.2) is 59.7 Å². The van der Waals surface area contributed by atoms with Crippen molar-refractivity contribution < 1.29 is 32.2 Å². The molecule has 0 unspecified atom stereocenters. The molecule has 1 saturated heterocycles. The normalized spacial score (nSPS) is 14.7. The summed E-state index contributed by atoms with van der Waals surface area (Å²) in [6.07, 6.45) is -4.80. The largest absolute Gasteiger partial charge is 0.573 e. The van der Waals surface area contributed by atoms with Crippen molar-refractivity contribution in [2.75, 3.05) is 31.6 Å². The Balaban J connectivity index is 1.68. The third kappa shape index (κ3) is 6.71. The molecule has 11 heteroatoms. The van der Waals surface area contributed by atoms with E-state index in [0.717, 1.165) is 12.1 Å². The van der Waals surface area contributed by atoms with Crippen LogP contribution in [0.1, 0.15) is 5.56 Å². The van der Waals surface area contributed by atoms with Gasteiger partial charge in [0.05, 0.1) is 13.2 Å². The lowest BCUT2D eigenvalue weighted by molar-refractivity contribution is -0.274. The van der Waals surface area contributed by atoms with E-state index in [2.05, 4.69) is 20.6 Å². The van der Waals surface area contributed by atoms with Crippen LogP contribution in [0.4, 0.5) is 23.7 Å². The molecule has 1 heterocycles. The second-order valence-corrected chi connectivity index (χ2v) is 6.37. The highest BCUT2D eigenvalue weighted by Gasteiger charge is 2.31. The number of anilines is 1. The Morgan fingerprint density at radius 3 is 2.26 bits per heavy atom. The van der Waals surface area contributed by atoms with Gasteiger partial charge in [-0.25, -0.2) is 10.2 Å². The number of nitrogens with one attached hydrogen (secondary N) is 2. The van der Waals surface area contributed by atoms with E-state index in [1.54, 1.807) is 35.2 Å². The zero-order valence-corrected chi connectivity index (χ0v) is 16.2. The first-order chi connectivity index (χ1) is 14.8. The van der Waals surface area contributed by atoms with E-state index in [9.17, 15) is 22.8 Å². The van der Waals surface area contributed by atoms with Gasteiger partial charge in [-0.3, -0.25) is 4.79 Å². The van der Waals surface area contributed by atoms with Gasteiger partial charge in [-0.1, -0.05) is 30.3 Å². The summed E-state index contributed by atoms with van der Waals surface area (Å²) >= 11 is 0. The Kier molecular flexibility index (Phi) is 7.08. The highest BCUT2D eigenvalue weighted by molar-refractivity contribution is 6.45. The number of ether oxygens (including phenoxy) is 2. The summed E-state index contributed by atoms with van der Waals surface area (Å²) in [6, 6.07) is 12.5. The monoisotopic (exact) mass is 436 g/mol. The molecule has 2 N–H and O–H groups in total. The highest BCUT2D eigenvalue weighted by Crippen LogP contribution is 2.23. The van der Waals surface area contributed by atoms with Crippen molar-refractivity contribution >= 4 is 23.3 Å². The molecule has 3 amide bonds. The average molecular weight is 436 g/mol. The van der Waals surface area contributed by atoms with Gasteiger partial charge in [0.25, 0.3) is 5.91 Å². The number of urea groups is 1. The van der Waals surface area contributed by atoms with Gasteiger partial charge in [0.2, 0.25) is 0 Å². The first-order valence-electron chi connectivity index (χ1n) is 9.25. The SMILES string of the molecule is O=C(NN=C(C(=O)N1CCOCC1)c1ccccc1)Nc1ccc(OC(F)(F)F)cc1. The quantitative estimate of drug-likeness (QED) is 0.557. The number of rotatable bonds is 5. The lowest BCUT2D eigenvalue weighted by atomic mass is 10.1. The Morgan fingerprint density at radius 2 is 1.65 bits per heavy atom. The summed E-state index contributed by atoms with van der Waals surface area (Å²) in [6.45, 7) is 1.64. The molecular weight excluding hydrogens is 417 g/mol. The highest BCUT2D eigenvalue weighted by atomic mass is 19.4. The van der Waals surface area contributed by atoms with Crippen molar-refractivity contribution in [3.8, 4) is 5.75 Å². The lowest BCUT2D eigenvalue weighted by Crippen LogP contribution is -2.45. The summed E-state index contributed by atoms with van der Waals surface area (Å²) < 4.78 is 45.7. The van der Waals surface area contributed by atoms with Crippen LogP contribution in [-0.4, -0.2) is 55.2 Å². The smallest absolute Gasteiger partial charge is 0.406 e. The first kappa shape index (κ1) is 22.1. The molecule has 1 aliphatic heterocycles. The van der Waals surface area contributed by atoms with Gasteiger partial charge in [-0.05, 0) is 24.3 Å². The second-order valence-electron chi connectivity index (χ2n) is 6.37. The minimum absolute atomic E-state index is 0.0478. The van der Waals surface area contributed by atoms with Crippen molar-refractivity contribution in [1.29, 1.82) is 0 Å². The number of morpholine rings is 1. The zero-order chi connectivity index (χ0) is 22.3. The van der Waals surface area contributed by atoms with Crippen molar-refractivity contribution in [1.82, 2.24) is 10.3 Å². The molecule has 3 rings (SSSR count). The number of alkyl halides is 3. The number of halogens is 3. The van der Waals surface area contributed by atoms with Crippen LogP contribution in [0.3, 0.4) is 0 Å². The molecule has 0 aromatic heterocycles. The fourth-order valence-electron chi connectivity index (χ4n) is 2.75. The standard InChI is InChI=1S/C20H19F3N4O4/c21-20(22,23)31-16-8-6-15(7-9-16)24-19(29)26-25-17(14-4-2-1-3-5-14)18(28)27-10-12-30-13-11-27/h1-9H,10-13H2,(H2,24,26,29). The third-order valence-electron chi connectivity index (χ3n) is 4.16. The van der Waals surface area contributed by atoms with Crippen molar-refractivity contribution in [2.45, 2.75) is 6.36 Å². The molecule has 164 valence electrons. The number of hydrogen-bond acceptors (Lipinski definition) is 5. The summed E-state index contributed by atoms with van der Waals surface area (Å²) in [5.41, 5.74) is 3.03. The Labute approximate surface area is 175 Å². The molecular formula is C20H19F3N4O4. The Bertz CT molecular complexity index is 928. The van der Waals surface area contributed by atoms with E-state index in [0.29, 0.717) is 31.9 Å². The number of hydrazone groups is 1. The fraction of sp³-hybridized carbons (Fsp3) is 0.250. The summed E-state index contributed by atoms with van der Waals surface area (Å²) in [5.74, 6) is -0.776. The van der Waals surface area contributed by atoms with Crippen LogP contribution < -0.4 is 15.5 Å². The Hall–Kier alpha value is -3.60. The predicted octanol–water partition coefficient (Wildman–Crippen LogP) is 2.97. The van der Waals surface area contributed by atoms with Crippen LogP contribution in [-0.2, 0) is 9.53 Å². The third-order valence-corrected chi connectivity index (χ3v) is 4.16. The number of benzene rings is 2. The Morgan fingerprint density at radius 1 is 1.00 bits per heavy atom. The molecule has 1 fully saturated rings. The molecule has 2 aromatic rings. The molecule has 0 spiro atoms. The van der Waals surface area contributed by atoms with E-state index in [1.807, 2.05) is 0 Å². The molecule has 0 atom stereocenters. The van der Waals surface area contributed by atoms with Crippen LogP contribution in [0, 0.1) is 0 Å². The maximum atomic E-state index is 12.9. The van der Waals surface area contributed by atoms with Gasteiger partial charge in [0.15, 0.2) is 5.71 Å². The van der Waals surface area contributed by atoms with Gasteiger partial charge in [-0.2, -0.15) is 5.10 Å². The number of nitrogens with zero attached hydrogens (tertiary/aromatic N) is 2. The van der Waals surface area contributed by atoms with E-state index >= 15 is 0 Å². The number of carbonyl (C=O) groups is 2. The van der Waals surface area contributed by atoms with Gasteiger partial charge in [0, 0.05) is 24.3 Å². The molecule has 0 radical (unpaired) electrons. The van der Waals surface area contributed by atoms with Crippen LogP contribution >= 0.6 is 0 Å². The van der Waals surface area contributed by atoms with Crippen LogP contribution in [0.2, 0.25) is 0 Å². The van der Waals surface area contributed by atoms with E-state index in [1.165, 1.54) is 12.1 Å². The van der Waals surface area contributed by atoms with E-state index in [-0.39, 0.29) is 17.3 Å². The van der Waals surface area contributed by atoms with Crippen LogP contribution in [0.25, 0.3) is 0 Å². The van der Waals surface area contributed by atoms with E-state index in [4.69, 9.17) is 4.74 Å². The van der Waals surface area contributed by atoms with Gasteiger partial charge in [-0.15, -0.1) is 13.2 Å². The minimum atomic E-state index is -4.80. The van der Waals surface area contributed by atoms with Crippen molar-refractivity contribution in [3.63, 3.8) is 0 Å². The molecule has 8 nitrogen and oxygen atoms in total. The molecule has 1 aliphatic rings. The van der Waals surface area contributed by atoms with Crippen molar-refractivity contribution in [2.24, 2.45) is 5.10 Å². The predicted molar refractivity (Wildman–Crippen MR) is 106 cm³/mol. The van der Waals surface area contributed by atoms with E-state index < -0.39 is 18.1 Å². The molecule has 2 aromatic carbocycles. The molecule has 0 aliphatic carbocycles. The summed E-state index contributed by atoms with van der Waals surface area (Å²) in [5, 5.41) is 6.40. The number of hydrogen-bond donors (Lipinski definition) is 2. The maximum absolute atomic E-state index is 12.9. The number of amides is 3. The average Bonchev–Trinajstić information content (AvgIpc) is 2.75. The van der Waals surface area contributed by atoms with Crippen LogP contribution in [0.5, 0.6) is 5.75 Å². The van der Waals surface area contributed by atoms with Gasteiger partial charge < -0.3 is 19.7 Å². The summed E-state index contributed by atoms with van der Waals surface area (Å²) in [7, 11) is 0.